The highest BCUT2D eigenvalue weighted by Crippen LogP contribution is 2.37. The van der Waals surface area contributed by atoms with Gasteiger partial charge >= 0.3 is 0 Å². The molecule has 0 atom stereocenters. The van der Waals surface area contributed by atoms with Crippen molar-refractivity contribution in [2.45, 2.75) is 44.9 Å². The van der Waals surface area contributed by atoms with Crippen LogP contribution in [-0.4, -0.2) is 44.0 Å². The molecule has 3 N–H and O–H groups in total. The highest BCUT2D eigenvalue weighted by atomic mass is 16.2. The van der Waals surface area contributed by atoms with Crippen molar-refractivity contribution in [1.29, 1.82) is 0 Å². The molecule has 110 valence electrons. The highest BCUT2D eigenvalue weighted by molar-refractivity contribution is 5.83. The molecule has 2 rings (SSSR count). The van der Waals surface area contributed by atoms with Crippen LogP contribution in [0.4, 0.5) is 0 Å². The number of likely N-dealkylation sites (tertiary alicyclic amines) is 1. The molecule has 0 unspecified atom stereocenters. The fraction of sp³-hybridized carbons (Fsp3) is 0.933. The molecule has 0 aromatic carbocycles. The summed E-state index contributed by atoms with van der Waals surface area (Å²) in [6.45, 7) is 3.73. The standard InChI is InChI=1S/C15H29N3O/c1-18-10-5-13(6-11-18)4-9-17-14(19)15(12-16)7-2-3-8-15/h13H,2-12,16H2,1H3,(H,17,19). The summed E-state index contributed by atoms with van der Waals surface area (Å²) in [5.41, 5.74) is 5.59. The van der Waals surface area contributed by atoms with E-state index in [2.05, 4.69) is 17.3 Å². The second-order valence-corrected chi connectivity index (χ2v) is 6.48. The first-order valence-corrected chi connectivity index (χ1v) is 7.83. The number of nitrogens with zero attached hydrogens (tertiary/aromatic N) is 1. The summed E-state index contributed by atoms with van der Waals surface area (Å²) in [6.07, 6.45) is 7.93. The topological polar surface area (TPSA) is 58.4 Å². The summed E-state index contributed by atoms with van der Waals surface area (Å²) in [5.74, 6) is 0.995. The molecule has 1 saturated heterocycles. The SMILES string of the molecule is CN1CCC(CCNC(=O)C2(CN)CCCC2)CC1. The first-order chi connectivity index (χ1) is 9.16. The molecule has 4 nitrogen and oxygen atoms in total. The molecule has 0 bridgehead atoms. The zero-order valence-corrected chi connectivity index (χ0v) is 12.3. The lowest BCUT2D eigenvalue weighted by atomic mass is 9.85. The second kappa shape index (κ2) is 6.71. The van der Waals surface area contributed by atoms with Gasteiger partial charge in [-0.2, -0.15) is 0 Å². The molecular weight excluding hydrogens is 238 g/mol. The van der Waals surface area contributed by atoms with E-state index in [0.717, 1.165) is 44.6 Å². The van der Waals surface area contributed by atoms with E-state index in [1.54, 1.807) is 0 Å². The number of hydrogen-bond donors (Lipinski definition) is 2. The number of rotatable bonds is 5. The van der Waals surface area contributed by atoms with Crippen molar-refractivity contribution >= 4 is 5.91 Å². The summed E-state index contributed by atoms with van der Waals surface area (Å²) < 4.78 is 0. The van der Waals surface area contributed by atoms with Crippen LogP contribution in [0.25, 0.3) is 0 Å². The number of nitrogens with one attached hydrogen (secondary N) is 1. The lowest BCUT2D eigenvalue weighted by Crippen LogP contribution is -2.44. The largest absolute Gasteiger partial charge is 0.356 e. The summed E-state index contributed by atoms with van der Waals surface area (Å²) >= 11 is 0. The Hall–Kier alpha value is -0.610. The van der Waals surface area contributed by atoms with E-state index in [1.165, 1.54) is 25.9 Å². The molecule has 2 fully saturated rings. The average molecular weight is 267 g/mol. The highest BCUT2D eigenvalue weighted by Gasteiger charge is 2.39. The molecule has 19 heavy (non-hydrogen) atoms. The fourth-order valence-corrected chi connectivity index (χ4v) is 3.50. The minimum atomic E-state index is -0.243. The van der Waals surface area contributed by atoms with Gasteiger partial charge in [0.1, 0.15) is 0 Å². The van der Waals surface area contributed by atoms with E-state index in [1.807, 2.05) is 0 Å². The van der Waals surface area contributed by atoms with E-state index < -0.39 is 0 Å². The number of amides is 1. The smallest absolute Gasteiger partial charge is 0.227 e. The Bertz CT molecular complexity index is 292. The number of hydrogen-bond acceptors (Lipinski definition) is 3. The van der Waals surface area contributed by atoms with Crippen molar-refractivity contribution < 1.29 is 4.79 Å². The van der Waals surface area contributed by atoms with Crippen molar-refractivity contribution in [3.63, 3.8) is 0 Å². The zero-order valence-electron chi connectivity index (χ0n) is 12.3. The summed E-state index contributed by atoms with van der Waals surface area (Å²) in [5, 5.41) is 3.14. The van der Waals surface area contributed by atoms with Gasteiger partial charge < -0.3 is 16.0 Å². The normalized spacial score (nSPS) is 24.5. The van der Waals surface area contributed by atoms with Crippen LogP contribution in [-0.2, 0) is 4.79 Å². The molecule has 1 aliphatic carbocycles. The van der Waals surface area contributed by atoms with Crippen molar-refractivity contribution in [2.75, 3.05) is 33.2 Å². The number of piperidine rings is 1. The molecule has 0 aromatic rings. The molecule has 1 amide bonds. The molecule has 1 saturated carbocycles. The predicted octanol–water partition coefficient (Wildman–Crippen LogP) is 1.35. The third-order valence-corrected chi connectivity index (χ3v) is 5.11. The van der Waals surface area contributed by atoms with E-state index >= 15 is 0 Å². The van der Waals surface area contributed by atoms with Gasteiger partial charge in [-0.1, -0.05) is 12.8 Å². The monoisotopic (exact) mass is 267 g/mol. The van der Waals surface area contributed by atoms with Crippen molar-refractivity contribution in [1.82, 2.24) is 10.2 Å². The maximum atomic E-state index is 12.3. The lowest BCUT2D eigenvalue weighted by Gasteiger charge is -2.30. The van der Waals surface area contributed by atoms with E-state index in [4.69, 9.17) is 5.73 Å². The van der Waals surface area contributed by atoms with Crippen LogP contribution >= 0.6 is 0 Å². The van der Waals surface area contributed by atoms with Crippen LogP contribution in [0.3, 0.4) is 0 Å². The first-order valence-electron chi connectivity index (χ1n) is 7.83. The minimum Gasteiger partial charge on any atom is -0.356 e. The Morgan fingerprint density at radius 2 is 1.95 bits per heavy atom. The van der Waals surface area contributed by atoms with Crippen LogP contribution in [0, 0.1) is 11.3 Å². The van der Waals surface area contributed by atoms with Crippen molar-refractivity contribution in [3.8, 4) is 0 Å². The zero-order chi connectivity index (χ0) is 13.7. The van der Waals surface area contributed by atoms with Crippen molar-refractivity contribution in [2.24, 2.45) is 17.1 Å². The van der Waals surface area contributed by atoms with E-state index in [9.17, 15) is 4.79 Å². The molecule has 0 radical (unpaired) electrons. The first kappa shape index (κ1) is 14.8. The van der Waals surface area contributed by atoms with Gasteiger partial charge in [-0.25, -0.2) is 0 Å². The molecule has 0 aromatic heterocycles. The molecule has 4 heteroatoms. The summed E-state index contributed by atoms with van der Waals surface area (Å²) in [4.78, 5) is 14.7. The Kier molecular flexibility index (Phi) is 5.22. The molecule has 0 spiro atoms. The fourth-order valence-electron chi connectivity index (χ4n) is 3.50. The maximum absolute atomic E-state index is 12.3. The number of carbonyl (C=O) groups is 1. The Labute approximate surface area is 117 Å². The minimum absolute atomic E-state index is 0.209. The second-order valence-electron chi connectivity index (χ2n) is 6.48. The van der Waals surface area contributed by atoms with Gasteiger partial charge in [0.05, 0.1) is 5.41 Å². The predicted molar refractivity (Wildman–Crippen MR) is 77.8 cm³/mol. The van der Waals surface area contributed by atoms with Crippen LogP contribution in [0.1, 0.15) is 44.9 Å². The molecule has 1 heterocycles. The third-order valence-electron chi connectivity index (χ3n) is 5.11. The van der Waals surface area contributed by atoms with Crippen LogP contribution in [0.15, 0.2) is 0 Å². The maximum Gasteiger partial charge on any atom is 0.227 e. The number of carbonyl (C=O) groups excluding carboxylic acids is 1. The lowest BCUT2D eigenvalue weighted by molar-refractivity contribution is -0.130. The summed E-state index contributed by atoms with van der Waals surface area (Å²) in [7, 11) is 2.18. The van der Waals surface area contributed by atoms with Gasteiger partial charge in [0.15, 0.2) is 0 Å². The van der Waals surface area contributed by atoms with Gasteiger partial charge in [-0.3, -0.25) is 4.79 Å². The third kappa shape index (κ3) is 3.69. The molecule has 2 aliphatic rings. The van der Waals surface area contributed by atoms with Gasteiger partial charge in [0.2, 0.25) is 5.91 Å². The molecule has 1 aliphatic heterocycles. The average Bonchev–Trinajstić information content (AvgIpc) is 2.91. The van der Waals surface area contributed by atoms with Crippen LogP contribution in [0.5, 0.6) is 0 Å². The van der Waals surface area contributed by atoms with Gasteiger partial charge in [-0.15, -0.1) is 0 Å². The van der Waals surface area contributed by atoms with Crippen LogP contribution in [0.2, 0.25) is 0 Å². The van der Waals surface area contributed by atoms with Gasteiger partial charge in [0.25, 0.3) is 0 Å². The van der Waals surface area contributed by atoms with Gasteiger partial charge in [0, 0.05) is 13.1 Å². The van der Waals surface area contributed by atoms with Gasteiger partial charge in [-0.05, 0) is 58.2 Å². The van der Waals surface area contributed by atoms with Crippen LogP contribution < -0.4 is 11.1 Å². The van der Waals surface area contributed by atoms with Crippen molar-refractivity contribution in [3.05, 3.63) is 0 Å². The molecular formula is C15H29N3O. The Balaban J connectivity index is 1.69. The Morgan fingerprint density at radius 3 is 2.53 bits per heavy atom. The van der Waals surface area contributed by atoms with E-state index in [-0.39, 0.29) is 11.3 Å². The number of nitrogens with two attached hydrogens (primary N) is 1. The Morgan fingerprint density at radius 1 is 1.32 bits per heavy atom. The summed E-state index contributed by atoms with van der Waals surface area (Å²) in [6, 6.07) is 0. The van der Waals surface area contributed by atoms with E-state index in [0.29, 0.717) is 6.54 Å². The quantitative estimate of drug-likeness (QED) is 0.790.